The van der Waals surface area contributed by atoms with Gasteiger partial charge in [0, 0.05) is 22.1 Å². The molecule has 10 aromatic carbocycles. The smallest absolute Gasteiger partial charge is 0.152 e. The molecule has 1 aromatic heterocycles. The Bertz CT molecular complexity index is 3660. The molecule has 1 aliphatic heterocycles. The van der Waals surface area contributed by atoms with E-state index in [0.717, 1.165) is 45.4 Å². The molecular weight excluding hydrogens is 753 g/mol. The monoisotopic (exact) mass is 788 g/mol. The van der Waals surface area contributed by atoms with Gasteiger partial charge >= 0.3 is 0 Å². The van der Waals surface area contributed by atoms with E-state index >= 15 is 0 Å². The highest BCUT2D eigenvalue weighted by atomic mass is 16.5. The summed E-state index contributed by atoms with van der Waals surface area (Å²) in [6.07, 6.45) is 0. The molecule has 3 aliphatic rings. The number of hydrogen-bond donors (Lipinski definition) is 0. The number of aromatic nitrogens is 1. The molecule has 0 unspecified atom stereocenters. The summed E-state index contributed by atoms with van der Waals surface area (Å²) in [7, 11) is 0. The number of nitrogens with zero attached hydrogens (tertiary/aromatic N) is 2. The fraction of sp³-hybridized carbons (Fsp3) is 0.0169. The van der Waals surface area contributed by atoms with Crippen molar-refractivity contribution >= 4 is 49.6 Å². The summed E-state index contributed by atoms with van der Waals surface area (Å²) in [6.45, 7) is 0. The van der Waals surface area contributed by atoms with E-state index in [2.05, 4.69) is 222 Å². The molecule has 0 saturated carbocycles. The predicted molar refractivity (Wildman–Crippen MR) is 255 cm³/mol. The van der Waals surface area contributed by atoms with Crippen LogP contribution in [0.4, 0.5) is 17.1 Å². The Hall–Kier alpha value is -8.14. The van der Waals surface area contributed by atoms with Gasteiger partial charge in [-0.05, 0) is 133 Å². The number of benzene rings is 10. The minimum atomic E-state index is -0.361. The van der Waals surface area contributed by atoms with Crippen LogP contribution in [0.3, 0.4) is 0 Å². The fourth-order valence-corrected chi connectivity index (χ4v) is 11.2. The molecule has 11 aromatic rings. The summed E-state index contributed by atoms with van der Waals surface area (Å²) in [6, 6.07) is 80.2. The van der Waals surface area contributed by atoms with Gasteiger partial charge in [0.25, 0.3) is 0 Å². The van der Waals surface area contributed by atoms with Crippen LogP contribution in [-0.4, -0.2) is 4.57 Å². The molecule has 0 atom stereocenters. The van der Waals surface area contributed by atoms with Crippen molar-refractivity contribution in [2.45, 2.75) is 5.41 Å². The third-order valence-corrected chi connectivity index (χ3v) is 13.8. The Morgan fingerprint density at radius 3 is 1.73 bits per heavy atom. The standard InChI is InChI=1S/C59H36N2O/c1-2-14-38-33-41(28-25-37(38)13-1)61-55-23-11-12-24-57(55)62-58-35-40(27-32-56(58)61)39-26-31-54-48(34-39)46-18-6-10-22-53(46)60(54)42-29-30-52-47(36-42)45-17-5-9-21-51(45)59(52)49-19-7-3-15-43(49)44-16-4-8-20-50(44)59/h1-36H. The minimum Gasteiger partial charge on any atom is -0.453 e. The van der Waals surface area contributed by atoms with Crippen LogP contribution in [0.1, 0.15) is 22.3 Å². The number of anilines is 3. The molecule has 0 fully saturated rings. The maximum atomic E-state index is 6.69. The molecule has 0 N–H and O–H groups in total. The Morgan fingerprint density at radius 2 is 0.919 bits per heavy atom. The number of fused-ring (bicyclic) bond motifs is 16. The Morgan fingerprint density at radius 1 is 0.339 bits per heavy atom. The van der Waals surface area contributed by atoms with E-state index in [1.807, 2.05) is 6.07 Å². The molecule has 2 aliphatic carbocycles. The van der Waals surface area contributed by atoms with E-state index in [1.165, 1.54) is 77.1 Å². The average molecular weight is 789 g/mol. The van der Waals surface area contributed by atoms with E-state index in [1.54, 1.807) is 0 Å². The molecule has 0 saturated heterocycles. The van der Waals surface area contributed by atoms with Crippen molar-refractivity contribution in [1.82, 2.24) is 4.57 Å². The summed E-state index contributed by atoms with van der Waals surface area (Å²) in [5.41, 5.74) is 19.2. The van der Waals surface area contributed by atoms with Gasteiger partial charge in [0.2, 0.25) is 0 Å². The van der Waals surface area contributed by atoms with E-state index in [4.69, 9.17) is 4.74 Å². The molecule has 0 bridgehead atoms. The minimum absolute atomic E-state index is 0.361. The number of para-hydroxylation sites is 3. The van der Waals surface area contributed by atoms with E-state index in [0.29, 0.717) is 0 Å². The first-order valence-electron chi connectivity index (χ1n) is 21.4. The molecule has 62 heavy (non-hydrogen) atoms. The summed E-state index contributed by atoms with van der Waals surface area (Å²) >= 11 is 0. The lowest BCUT2D eigenvalue weighted by Crippen LogP contribution is -2.25. The van der Waals surface area contributed by atoms with Crippen molar-refractivity contribution in [2.75, 3.05) is 4.90 Å². The highest BCUT2D eigenvalue weighted by Gasteiger charge is 2.51. The van der Waals surface area contributed by atoms with Crippen LogP contribution in [0, 0.1) is 0 Å². The van der Waals surface area contributed by atoms with Crippen LogP contribution >= 0.6 is 0 Å². The molecule has 288 valence electrons. The van der Waals surface area contributed by atoms with E-state index in [9.17, 15) is 0 Å². The molecule has 14 rings (SSSR count). The highest BCUT2D eigenvalue weighted by molar-refractivity contribution is 6.11. The van der Waals surface area contributed by atoms with Crippen LogP contribution in [0.2, 0.25) is 0 Å². The van der Waals surface area contributed by atoms with Gasteiger partial charge in [0.1, 0.15) is 0 Å². The van der Waals surface area contributed by atoms with Crippen LogP contribution in [0.5, 0.6) is 11.5 Å². The van der Waals surface area contributed by atoms with Gasteiger partial charge in [0.05, 0.1) is 27.8 Å². The van der Waals surface area contributed by atoms with Crippen molar-refractivity contribution in [3.05, 3.63) is 241 Å². The molecule has 2 heterocycles. The predicted octanol–water partition coefficient (Wildman–Crippen LogP) is 15.5. The van der Waals surface area contributed by atoms with Crippen LogP contribution < -0.4 is 9.64 Å². The quantitative estimate of drug-likeness (QED) is 0.177. The number of ether oxygens (including phenoxy) is 1. The number of rotatable bonds is 3. The third-order valence-electron chi connectivity index (χ3n) is 13.8. The lowest BCUT2D eigenvalue weighted by Gasteiger charge is -2.33. The second kappa shape index (κ2) is 12.4. The number of hydrogen-bond acceptors (Lipinski definition) is 2. The van der Waals surface area contributed by atoms with Gasteiger partial charge in [-0.1, -0.05) is 152 Å². The molecule has 3 heteroatoms. The van der Waals surface area contributed by atoms with Crippen molar-refractivity contribution in [2.24, 2.45) is 0 Å². The first kappa shape index (κ1) is 33.7. The lowest BCUT2D eigenvalue weighted by molar-refractivity contribution is 0.477. The van der Waals surface area contributed by atoms with Crippen LogP contribution in [0.15, 0.2) is 218 Å². The Labute approximate surface area is 359 Å². The molecular formula is C59H36N2O. The third kappa shape index (κ3) is 4.44. The van der Waals surface area contributed by atoms with Gasteiger partial charge in [-0.2, -0.15) is 0 Å². The molecule has 0 radical (unpaired) electrons. The fourth-order valence-electron chi connectivity index (χ4n) is 11.2. The summed E-state index contributed by atoms with van der Waals surface area (Å²) in [4.78, 5) is 2.32. The van der Waals surface area contributed by atoms with Crippen molar-refractivity contribution in [1.29, 1.82) is 0 Å². The van der Waals surface area contributed by atoms with Gasteiger partial charge < -0.3 is 14.2 Å². The largest absolute Gasteiger partial charge is 0.453 e. The van der Waals surface area contributed by atoms with Crippen LogP contribution in [0.25, 0.3) is 71.6 Å². The first-order valence-corrected chi connectivity index (χ1v) is 21.4. The summed E-state index contributed by atoms with van der Waals surface area (Å²) in [5.74, 6) is 1.67. The van der Waals surface area contributed by atoms with Gasteiger partial charge in [-0.15, -0.1) is 0 Å². The summed E-state index contributed by atoms with van der Waals surface area (Å²) in [5, 5.41) is 4.88. The second-order valence-corrected chi connectivity index (χ2v) is 16.8. The lowest BCUT2D eigenvalue weighted by atomic mass is 9.70. The average Bonchev–Trinajstić information content (AvgIpc) is 3.94. The van der Waals surface area contributed by atoms with Crippen molar-refractivity contribution in [3.63, 3.8) is 0 Å². The zero-order valence-corrected chi connectivity index (χ0v) is 33.6. The SMILES string of the molecule is c1ccc2c(c1)Oc1cc(-c3ccc4c(c3)c3ccccc3n4-c3ccc4c(c3)-c3ccccc3C43c4ccccc4-c4ccccc43)ccc1N2c1ccc2ccccc2c1. The topological polar surface area (TPSA) is 17.4 Å². The second-order valence-electron chi connectivity index (χ2n) is 16.8. The Kier molecular flexibility index (Phi) is 6.76. The first-order chi connectivity index (χ1) is 30.7. The van der Waals surface area contributed by atoms with Gasteiger partial charge in [0.15, 0.2) is 11.5 Å². The van der Waals surface area contributed by atoms with E-state index in [-0.39, 0.29) is 5.41 Å². The molecule has 0 amide bonds. The zero-order valence-electron chi connectivity index (χ0n) is 33.6. The van der Waals surface area contributed by atoms with Gasteiger partial charge in [-0.25, -0.2) is 0 Å². The van der Waals surface area contributed by atoms with Crippen LogP contribution in [-0.2, 0) is 5.41 Å². The highest BCUT2D eigenvalue weighted by Crippen LogP contribution is 2.63. The molecule has 3 nitrogen and oxygen atoms in total. The van der Waals surface area contributed by atoms with E-state index < -0.39 is 0 Å². The maximum absolute atomic E-state index is 6.69. The maximum Gasteiger partial charge on any atom is 0.152 e. The Balaban J connectivity index is 0.910. The van der Waals surface area contributed by atoms with Gasteiger partial charge in [-0.3, -0.25) is 0 Å². The zero-order chi connectivity index (χ0) is 40.5. The normalized spacial score (nSPS) is 13.7. The van der Waals surface area contributed by atoms with Crippen molar-refractivity contribution in [3.8, 4) is 50.6 Å². The van der Waals surface area contributed by atoms with Crippen molar-refractivity contribution < 1.29 is 4.74 Å². The molecule has 1 spiro atoms. The summed E-state index contributed by atoms with van der Waals surface area (Å²) < 4.78 is 9.14.